The Morgan fingerprint density at radius 3 is 3.18 bits per heavy atom. The van der Waals surface area contributed by atoms with Gasteiger partial charge in [0, 0.05) is 29.0 Å². The summed E-state index contributed by atoms with van der Waals surface area (Å²) in [6.45, 7) is 0.580. The molecule has 0 aliphatic carbocycles. The van der Waals surface area contributed by atoms with E-state index in [1.807, 2.05) is 6.21 Å². The quantitative estimate of drug-likeness (QED) is 0.866. The number of hydrogen-bond acceptors (Lipinski definition) is 4. The van der Waals surface area contributed by atoms with Gasteiger partial charge in [0.25, 0.3) is 5.56 Å². The van der Waals surface area contributed by atoms with Gasteiger partial charge < -0.3 is 9.72 Å². The molecule has 0 bridgehead atoms. The molecular weight excluding hydrogens is 296 g/mol. The zero-order chi connectivity index (χ0) is 15.1. The van der Waals surface area contributed by atoms with Crippen molar-refractivity contribution in [3.8, 4) is 5.75 Å². The van der Waals surface area contributed by atoms with E-state index >= 15 is 0 Å². The molecule has 2 aromatic rings. The number of thioether (sulfide) groups is 1. The Morgan fingerprint density at radius 2 is 2.32 bits per heavy atom. The minimum Gasteiger partial charge on any atom is -0.492 e. The Balaban J connectivity index is 1.90. The van der Waals surface area contributed by atoms with Gasteiger partial charge in [-0.2, -0.15) is 0 Å². The highest BCUT2D eigenvalue weighted by Crippen LogP contribution is 2.44. The first-order valence-electron chi connectivity index (χ1n) is 7.36. The zero-order valence-corrected chi connectivity index (χ0v) is 13.1. The first-order valence-corrected chi connectivity index (χ1v) is 8.58. The van der Waals surface area contributed by atoms with Crippen molar-refractivity contribution in [2.24, 2.45) is 4.99 Å². The third-order valence-corrected chi connectivity index (χ3v) is 5.01. The Labute approximate surface area is 132 Å². The van der Waals surface area contributed by atoms with Crippen molar-refractivity contribution < 1.29 is 4.74 Å². The summed E-state index contributed by atoms with van der Waals surface area (Å²) in [5.41, 5.74) is 2.97. The Morgan fingerprint density at radius 1 is 1.41 bits per heavy atom. The van der Waals surface area contributed by atoms with Gasteiger partial charge >= 0.3 is 0 Å². The molecule has 0 fully saturated rings. The number of aromatic nitrogens is 1. The minimum atomic E-state index is -0.0677. The first-order chi connectivity index (χ1) is 10.8. The number of H-pyrrole nitrogens is 1. The van der Waals surface area contributed by atoms with Gasteiger partial charge in [-0.25, -0.2) is 4.99 Å². The number of hydrogen-bond donors (Lipinski definition) is 1. The molecule has 3 heterocycles. The molecule has 1 aromatic heterocycles. The number of rotatable bonds is 2. The van der Waals surface area contributed by atoms with Crippen molar-refractivity contribution in [2.45, 2.75) is 23.7 Å². The Kier molecular flexibility index (Phi) is 3.30. The van der Waals surface area contributed by atoms with Gasteiger partial charge in [-0.15, -0.1) is 11.8 Å². The van der Waals surface area contributed by atoms with Gasteiger partial charge in [0.2, 0.25) is 0 Å². The maximum absolute atomic E-state index is 12.1. The van der Waals surface area contributed by atoms with Crippen LogP contribution in [-0.2, 0) is 6.42 Å². The summed E-state index contributed by atoms with van der Waals surface area (Å²) in [6, 6.07) is 8.55. The lowest BCUT2D eigenvalue weighted by Crippen LogP contribution is -2.16. The SMILES string of the molecule is CSc1cccc(C2CC=Nc3[nH]c(=O)c4c(c32)OCC4)c1. The second kappa shape index (κ2) is 5.32. The second-order valence-corrected chi connectivity index (χ2v) is 6.38. The lowest BCUT2D eigenvalue weighted by Gasteiger charge is -2.23. The normalized spacial score (nSPS) is 18.7. The van der Waals surface area contributed by atoms with E-state index in [-0.39, 0.29) is 11.5 Å². The molecule has 0 saturated carbocycles. The van der Waals surface area contributed by atoms with Crippen LogP contribution in [0.3, 0.4) is 0 Å². The molecule has 4 rings (SSSR count). The van der Waals surface area contributed by atoms with Crippen molar-refractivity contribution in [1.29, 1.82) is 0 Å². The second-order valence-electron chi connectivity index (χ2n) is 5.50. The molecule has 0 saturated heterocycles. The fourth-order valence-electron chi connectivity index (χ4n) is 3.22. The number of aromatic amines is 1. The van der Waals surface area contributed by atoms with E-state index < -0.39 is 0 Å². The monoisotopic (exact) mass is 312 g/mol. The maximum atomic E-state index is 12.1. The van der Waals surface area contributed by atoms with E-state index in [0.29, 0.717) is 18.8 Å². The third-order valence-electron chi connectivity index (χ3n) is 4.28. The van der Waals surface area contributed by atoms with Crippen LogP contribution in [0.5, 0.6) is 5.75 Å². The van der Waals surface area contributed by atoms with Gasteiger partial charge in [-0.3, -0.25) is 4.79 Å². The van der Waals surface area contributed by atoms with E-state index in [2.05, 4.69) is 40.5 Å². The van der Waals surface area contributed by atoms with Gasteiger partial charge in [-0.1, -0.05) is 12.1 Å². The molecule has 1 atom stereocenters. The highest BCUT2D eigenvalue weighted by Gasteiger charge is 2.30. The average molecular weight is 312 g/mol. The summed E-state index contributed by atoms with van der Waals surface area (Å²) in [5.74, 6) is 1.59. The van der Waals surface area contributed by atoms with Crippen LogP contribution in [0.2, 0.25) is 0 Å². The van der Waals surface area contributed by atoms with Crippen LogP contribution in [0.4, 0.5) is 5.82 Å². The molecule has 22 heavy (non-hydrogen) atoms. The molecule has 0 spiro atoms. The van der Waals surface area contributed by atoms with Gasteiger partial charge in [0.05, 0.1) is 12.2 Å². The molecule has 1 N–H and O–H groups in total. The molecule has 4 nitrogen and oxygen atoms in total. The smallest absolute Gasteiger partial charge is 0.256 e. The van der Waals surface area contributed by atoms with E-state index in [1.165, 1.54) is 10.5 Å². The lowest BCUT2D eigenvalue weighted by atomic mass is 9.86. The number of aliphatic imine (C=N–C) groups is 1. The van der Waals surface area contributed by atoms with Crippen molar-refractivity contribution in [2.75, 3.05) is 12.9 Å². The summed E-state index contributed by atoms with van der Waals surface area (Å²) in [4.78, 5) is 20.7. The summed E-state index contributed by atoms with van der Waals surface area (Å²) in [5, 5.41) is 0. The van der Waals surface area contributed by atoms with Crippen LogP contribution in [-0.4, -0.2) is 24.1 Å². The number of ether oxygens (including phenoxy) is 1. The van der Waals surface area contributed by atoms with Gasteiger partial charge in [0.15, 0.2) is 0 Å². The highest BCUT2D eigenvalue weighted by molar-refractivity contribution is 7.98. The fourth-order valence-corrected chi connectivity index (χ4v) is 3.69. The van der Waals surface area contributed by atoms with Crippen molar-refractivity contribution in [3.63, 3.8) is 0 Å². The molecule has 0 amide bonds. The van der Waals surface area contributed by atoms with Crippen molar-refractivity contribution in [3.05, 3.63) is 51.3 Å². The Bertz CT molecular complexity index is 826. The predicted molar refractivity (Wildman–Crippen MR) is 89.1 cm³/mol. The summed E-state index contributed by atoms with van der Waals surface area (Å²) in [6.07, 6.45) is 5.47. The van der Waals surface area contributed by atoms with Crippen LogP contribution >= 0.6 is 11.8 Å². The average Bonchev–Trinajstić information content (AvgIpc) is 3.05. The van der Waals surface area contributed by atoms with E-state index in [0.717, 1.165) is 23.3 Å². The van der Waals surface area contributed by atoms with Crippen molar-refractivity contribution >= 4 is 23.8 Å². The predicted octanol–water partition coefficient (Wildman–Crippen LogP) is 3.27. The zero-order valence-electron chi connectivity index (χ0n) is 12.3. The van der Waals surface area contributed by atoms with Crippen LogP contribution < -0.4 is 10.3 Å². The Hall–Kier alpha value is -2.01. The van der Waals surface area contributed by atoms with E-state index in [9.17, 15) is 4.79 Å². The molecular formula is C17H16N2O2S. The maximum Gasteiger partial charge on any atom is 0.256 e. The molecule has 112 valence electrons. The summed E-state index contributed by atoms with van der Waals surface area (Å²) < 4.78 is 5.79. The van der Waals surface area contributed by atoms with Crippen LogP contribution in [0.25, 0.3) is 0 Å². The topological polar surface area (TPSA) is 54.5 Å². The summed E-state index contributed by atoms with van der Waals surface area (Å²) in [7, 11) is 0. The molecule has 2 aliphatic rings. The standard InChI is InChI=1S/C17H16N2O2S/c1-22-11-4-2-3-10(9-11)12-5-7-18-16-14(12)15-13(6-8-21-15)17(20)19-16/h2-4,7,9,12H,5-6,8H2,1H3,(H,19,20). The molecule has 5 heteroatoms. The van der Waals surface area contributed by atoms with Crippen LogP contribution in [0, 0.1) is 0 Å². The van der Waals surface area contributed by atoms with Gasteiger partial charge in [0.1, 0.15) is 11.6 Å². The minimum absolute atomic E-state index is 0.0677. The molecule has 1 unspecified atom stereocenters. The lowest BCUT2D eigenvalue weighted by molar-refractivity contribution is 0.352. The van der Waals surface area contributed by atoms with E-state index in [1.54, 1.807) is 11.8 Å². The molecule has 0 radical (unpaired) electrons. The van der Waals surface area contributed by atoms with Crippen LogP contribution in [0.1, 0.15) is 29.0 Å². The fraction of sp³-hybridized carbons (Fsp3) is 0.294. The van der Waals surface area contributed by atoms with E-state index in [4.69, 9.17) is 4.74 Å². The highest BCUT2D eigenvalue weighted by atomic mass is 32.2. The first kappa shape index (κ1) is 13.6. The van der Waals surface area contributed by atoms with Crippen molar-refractivity contribution in [1.82, 2.24) is 4.98 Å². The number of benzene rings is 1. The third kappa shape index (κ3) is 2.08. The molecule has 1 aromatic carbocycles. The number of fused-ring (bicyclic) bond motifs is 3. The number of nitrogens with one attached hydrogen (secondary N) is 1. The molecule has 2 aliphatic heterocycles. The number of pyridine rings is 1. The summed E-state index contributed by atoms with van der Waals surface area (Å²) >= 11 is 1.73. The van der Waals surface area contributed by atoms with Crippen LogP contribution in [0.15, 0.2) is 38.9 Å². The van der Waals surface area contributed by atoms with Gasteiger partial charge in [-0.05, 0) is 30.4 Å². The largest absolute Gasteiger partial charge is 0.492 e. The number of nitrogens with zero attached hydrogens (tertiary/aromatic N) is 1.